The lowest BCUT2D eigenvalue weighted by molar-refractivity contribution is -0.159. The quantitative estimate of drug-likeness (QED) is 0.572. The molecular formula is C21H27NO3. The minimum absolute atomic E-state index is 0.0280. The van der Waals surface area contributed by atoms with Crippen molar-refractivity contribution < 1.29 is 15.3 Å². The average molecular weight is 341 g/mol. The van der Waals surface area contributed by atoms with Gasteiger partial charge in [-0.25, -0.2) is 0 Å². The second kappa shape index (κ2) is 5.01. The Morgan fingerprint density at radius 3 is 2.76 bits per heavy atom. The van der Waals surface area contributed by atoms with Crippen LogP contribution in [0.1, 0.15) is 49.7 Å². The summed E-state index contributed by atoms with van der Waals surface area (Å²) in [7, 11) is 0. The van der Waals surface area contributed by atoms with Gasteiger partial charge >= 0.3 is 0 Å². The van der Waals surface area contributed by atoms with E-state index in [-0.39, 0.29) is 17.5 Å². The molecule has 0 amide bonds. The Kier molecular flexibility index (Phi) is 3.15. The van der Waals surface area contributed by atoms with Gasteiger partial charge in [0.1, 0.15) is 0 Å². The highest BCUT2D eigenvalue weighted by Gasteiger charge is 2.64. The summed E-state index contributed by atoms with van der Waals surface area (Å²) in [5.74, 6) is 0.689. The summed E-state index contributed by atoms with van der Waals surface area (Å²) in [6.45, 7) is 6.25. The van der Waals surface area contributed by atoms with Crippen molar-refractivity contribution in [1.82, 2.24) is 4.90 Å². The molecule has 2 unspecified atom stereocenters. The summed E-state index contributed by atoms with van der Waals surface area (Å²) in [6.07, 6.45) is 6.45. The van der Waals surface area contributed by atoms with Crippen molar-refractivity contribution in [2.45, 2.75) is 62.0 Å². The lowest BCUT2D eigenvalue weighted by Crippen LogP contribution is -2.72. The monoisotopic (exact) mass is 341 g/mol. The minimum Gasteiger partial charge on any atom is -0.504 e. The molecule has 4 nitrogen and oxygen atoms in total. The van der Waals surface area contributed by atoms with E-state index in [1.165, 1.54) is 12.8 Å². The Hall–Kier alpha value is -1.52. The van der Waals surface area contributed by atoms with Gasteiger partial charge in [0.15, 0.2) is 11.5 Å². The fourth-order valence-corrected chi connectivity index (χ4v) is 5.97. The molecule has 134 valence electrons. The van der Waals surface area contributed by atoms with Gasteiger partial charge in [0.25, 0.3) is 0 Å². The van der Waals surface area contributed by atoms with Gasteiger partial charge < -0.3 is 15.3 Å². The Balaban J connectivity index is 1.69. The first-order valence-corrected chi connectivity index (χ1v) is 9.62. The first-order chi connectivity index (χ1) is 11.9. The molecule has 0 radical (unpaired) electrons. The van der Waals surface area contributed by atoms with Crippen molar-refractivity contribution in [3.05, 3.63) is 35.4 Å². The first kappa shape index (κ1) is 15.7. The lowest BCUT2D eigenvalue weighted by atomic mass is 9.49. The average Bonchev–Trinajstić information content (AvgIpc) is 3.38. The third-order valence-electron chi connectivity index (χ3n) is 7.38. The normalized spacial score (nSPS) is 37.5. The summed E-state index contributed by atoms with van der Waals surface area (Å²) in [5.41, 5.74) is 1.66. The number of aliphatic hydroxyl groups is 1. The van der Waals surface area contributed by atoms with Crippen LogP contribution in [0.25, 0.3) is 0 Å². The molecule has 0 aromatic heterocycles. The molecule has 1 saturated heterocycles. The number of likely N-dealkylation sites (tertiary alicyclic amines) is 1. The zero-order valence-electron chi connectivity index (χ0n) is 14.7. The van der Waals surface area contributed by atoms with Crippen LogP contribution in [0.5, 0.6) is 11.5 Å². The zero-order chi connectivity index (χ0) is 17.4. The predicted molar refractivity (Wildman–Crippen MR) is 95.8 cm³/mol. The van der Waals surface area contributed by atoms with E-state index in [9.17, 15) is 15.3 Å². The molecule has 0 spiro atoms. The Labute approximate surface area is 148 Å². The van der Waals surface area contributed by atoms with E-state index in [0.29, 0.717) is 12.8 Å². The van der Waals surface area contributed by atoms with Gasteiger partial charge in [-0.2, -0.15) is 0 Å². The number of fused-ring (bicyclic) bond motifs is 1. The molecule has 2 bridgehead atoms. The molecule has 3 aliphatic carbocycles. The Morgan fingerprint density at radius 2 is 2.00 bits per heavy atom. The number of allylic oxidation sites excluding steroid dienone is 1. The van der Waals surface area contributed by atoms with Crippen molar-refractivity contribution in [2.75, 3.05) is 13.1 Å². The number of rotatable bonds is 2. The van der Waals surface area contributed by atoms with Gasteiger partial charge in [-0.3, -0.25) is 4.90 Å². The van der Waals surface area contributed by atoms with Gasteiger partial charge in [-0.15, -0.1) is 0 Å². The number of nitrogens with zero attached hydrogens (tertiary/aromatic N) is 1. The largest absolute Gasteiger partial charge is 0.504 e. The van der Waals surface area contributed by atoms with E-state index in [0.717, 1.165) is 55.0 Å². The maximum absolute atomic E-state index is 12.0. The standard InChI is InChI=1S/C21H27NO3/c1-13-6-7-21(25)17-10-15-4-5-16(23)19(24)18(15)20(21,11-13)8-9-22(17)12-14-2-3-14/h4-5,14,17,23-25H,1-3,6-12H2/t17?,20-,21?/m1/s1. The first-order valence-electron chi connectivity index (χ1n) is 9.62. The number of aromatic hydroxyl groups is 2. The van der Waals surface area contributed by atoms with Gasteiger partial charge in [0, 0.05) is 23.6 Å². The summed E-state index contributed by atoms with van der Waals surface area (Å²) in [5, 5.41) is 32.8. The third kappa shape index (κ3) is 2.01. The van der Waals surface area contributed by atoms with E-state index < -0.39 is 11.0 Å². The molecule has 1 aliphatic heterocycles. The zero-order valence-corrected chi connectivity index (χ0v) is 14.7. The fraction of sp³-hybridized carbons (Fsp3) is 0.619. The molecule has 4 heteroatoms. The predicted octanol–water partition coefficient (Wildman–Crippen LogP) is 2.85. The maximum atomic E-state index is 12.0. The van der Waals surface area contributed by atoms with E-state index in [1.54, 1.807) is 6.07 Å². The number of hydrogen-bond acceptors (Lipinski definition) is 4. The van der Waals surface area contributed by atoms with Crippen LogP contribution >= 0.6 is 0 Å². The molecule has 1 aromatic rings. The second-order valence-electron chi connectivity index (χ2n) is 8.81. The van der Waals surface area contributed by atoms with Crippen molar-refractivity contribution in [3.8, 4) is 11.5 Å². The van der Waals surface area contributed by atoms with E-state index in [1.807, 2.05) is 6.07 Å². The summed E-state index contributed by atoms with van der Waals surface area (Å²) >= 11 is 0. The molecule has 2 saturated carbocycles. The lowest BCUT2D eigenvalue weighted by Gasteiger charge is -2.64. The molecule has 1 aromatic carbocycles. The smallest absolute Gasteiger partial charge is 0.161 e. The summed E-state index contributed by atoms with van der Waals surface area (Å²) in [6, 6.07) is 3.64. The van der Waals surface area contributed by atoms with Gasteiger partial charge in [0.2, 0.25) is 0 Å². The summed E-state index contributed by atoms with van der Waals surface area (Å²) < 4.78 is 0. The fourth-order valence-electron chi connectivity index (χ4n) is 5.97. The molecule has 25 heavy (non-hydrogen) atoms. The van der Waals surface area contributed by atoms with Crippen LogP contribution in [-0.4, -0.2) is 45.0 Å². The highest BCUT2D eigenvalue weighted by molar-refractivity contribution is 5.58. The Morgan fingerprint density at radius 1 is 1.20 bits per heavy atom. The number of benzene rings is 1. The van der Waals surface area contributed by atoms with Crippen molar-refractivity contribution >= 4 is 0 Å². The molecule has 3 fully saturated rings. The molecule has 1 heterocycles. The van der Waals surface area contributed by atoms with Crippen molar-refractivity contribution in [2.24, 2.45) is 5.92 Å². The van der Waals surface area contributed by atoms with Crippen LogP contribution in [0.4, 0.5) is 0 Å². The van der Waals surface area contributed by atoms with E-state index in [4.69, 9.17) is 0 Å². The number of phenols is 2. The molecule has 3 N–H and O–H groups in total. The maximum Gasteiger partial charge on any atom is 0.161 e. The summed E-state index contributed by atoms with van der Waals surface area (Å²) in [4.78, 5) is 2.51. The van der Waals surface area contributed by atoms with Crippen molar-refractivity contribution in [3.63, 3.8) is 0 Å². The highest BCUT2D eigenvalue weighted by atomic mass is 16.3. The topological polar surface area (TPSA) is 63.9 Å². The number of phenolic OH excluding ortho intramolecular Hbond substituents is 2. The van der Waals surface area contributed by atoms with Crippen LogP contribution in [-0.2, 0) is 11.8 Å². The van der Waals surface area contributed by atoms with Gasteiger partial charge in [0.05, 0.1) is 5.60 Å². The highest BCUT2D eigenvalue weighted by Crippen LogP contribution is 2.61. The van der Waals surface area contributed by atoms with E-state index in [2.05, 4.69) is 11.5 Å². The number of hydrogen-bond donors (Lipinski definition) is 3. The SMILES string of the molecule is C=C1CCC2(O)C3Cc4ccc(O)c(O)c4[C@@]2(CCN3CC2CC2)C1. The third-order valence-corrected chi connectivity index (χ3v) is 7.38. The van der Waals surface area contributed by atoms with Crippen LogP contribution in [0.2, 0.25) is 0 Å². The Bertz CT molecular complexity index is 756. The molecule has 3 atom stereocenters. The van der Waals surface area contributed by atoms with Gasteiger partial charge in [-0.1, -0.05) is 18.2 Å². The van der Waals surface area contributed by atoms with Crippen LogP contribution in [0, 0.1) is 5.92 Å². The molecule has 5 rings (SSSR count). The molecule has 4 aliphatic rings. The second-order valence-corrected chi connectivity index (χ2v) is 8.81. The van der Waals surface area contributed by atoms with Crippen molar-refractivity contribution in [1.29, 1.82) is 0 Å². The van der Waals surface area contributed by atoms with Crippen LogP contribution in [0.3, 0.4) is 0 Å². The van der Waals surface area contributed by atoms with Crippen LogP contribution < -0.4 is 0 Å². The minimum atomic E-state index is -0.848. The molecular weight excluding hydrogens is 314 g/mol. The van der Waals surface area contributed by atoms with E-state index >= 15 is 0 Å². The van der Waals surface area contributed by atoms with Gasteiger partial charge in [-0.05, 0) is 69.0 Å². The van der Waals surface area contributed by atoms with Crippen LogP contribution in [0.15, 0.2) is 24.3 Å². The number of piperidine rings is 1.